The molecule has 2 aromatic carbocycles. The number of carbonyl (C=O) groups is 2. The van der Waals surface area contributed by atoms with E-state index in [9.17, 15) is 24.9 Å². The van der Waals surface area contributed by atoms with E-state index < -0.39 is 17.2 Å². The highest BCUT2D eigenvalue weighted by Gasteiger charge is 2.24. The Labute approximate surface area is 162 Å². The van der Waals surface area contributed by atoms with E-state index in [2.05, 4.69) is 0 Å². The van der Waals surface area contributed by atoms with E-state index in [4.69, 9.17) is 4.74 Å². The Hall–Kier alpha value is -3.42. The maximum Gasteiger partial charge on any atom is 0.254 e. The molecule has 8 heteroatoms. The molecule has 148 valence electrons. The second-order valence-electron chi connectivity index (χ2n) is 6.53. The number of phenols is 3. The van der Waals surface area contributed by atoms with E-state index in [1.54, 1.807) is 41.2 Å². The van der Waals surface area contributed by atoms with Crippen LogP contribution in [0.15, 0.2) is 36.4 Å². The zero-order valence-corrected chi connectivity index (χ0v) is 15.5. The van der Waals surface area contributed by atoms with Crippen LogP contribution in [0, 0.1) is 0 Å². The van der Waals surface area contributed by atoms with Gasteiger partial charge >= 0.3 is 0 Å². The average Bonchev–Trinajstić information content (AvgIpc) is 2.97. The van der Waals surface area contributed by atoms with Crippen molar-refractivity contribution in [3.63, 3.8) is 0 Å². The lowest BCUT2D eigenvalue weighted by molar-refractivity contribution is 0.0718. The number of benzene rings is 2. The third-order valence-corrected chi connectivity index (χ3v) is 4.72. The van der Waals surface area contributed by atoms with Gasteiger partial charge < -0.3 is 29.9 Å². The first-order chi connectivity index (χ1) is 13.4. The summed E-state index contributed by atoms with van der Waals surface area (Å²) in [6.07, 6.45) is 0.601. The van der Waals surface area contributed by atoms with Crippen molar-refractivity contribution in [3.05, 3.63) is 47.5 Å². The number of rotatable bonds is 3. The standard InChI is InChI=1S/C20H22N2O6/c1-28-15-5-3-13(4-6-15)19(26)21-7-2-8-22(10-9-21)20(27)14-11-16(23)18(25)17(24)12-14/h3-6,11-12,23-25H,2,7-10H2,1H3. The summed E-state index contributed by atoms with van der Waals surface area (Å²) in [7, 11) is 1.56. The Bertz CT molecular complexity index is 858. The number of hydrogen-bond acceptors (Lipinski definition) is 6. The topological polar surface area (TPSA) is 111 Å². The van der Waals surface area contributed by atoms with Gasteiger partial charge in [-0.3, -0.25) is 9.59 Å². The van der Waals surface area contributed by atoms with Gasteiger partial charge in [-0.2, -0.15) is 0 Å². The predicted molar refractivity (Wildman–Crippen MR) is 101 cm³/mol. The number of carbonyl (C=O) groups excluding carboxylic acids is 2. The molecule has 2 aromatic rings. The van der Waals surface area contributed by atoms with Crippen molar-refractivity contribution in [3.8, 4) is 23.0 Å². The minimum atomic E-state index is -0.663. The molecule has 0 aromatic heterocycles. The number of aromatic hydroxyl groups is 3. The van der Waals surface area contributed by atoms with Gasteiger partial charge in [-0.05, 0) is 42.8 Å². The Morgan fingerprint density at radius 1 is 0.821 bits per heavy atom. The number of ether oxygens (including phenoxy) is 1. The number of nitrogens with zero attached hydrogens (tertiary/aromatic N) is 2. The first-order valence-corrected chi connectivity index (χ1v) is 8.88. The quantitative estimate of drug-likeness (QED) is 0.694. The molecular formula is C20H22N2O6. The second kappa shape index (κ2) is 8.08. The third-order valence-electron chi connectivity index (χ3n) is 4.72. The highest BCUT2D eigenvalue weighted by Crippen LogP contribution is 2.35. The smallest absolute Gasteiger partial charge is 0.254 e. The molecule has 28 heavy (non-hydrogen) atoms. The molecule has 1 fully saturated rings. The summed E-state index contributed by atoms with van der Waals surface area (Å²) in [6.45, 7) is 1.64. The van der Waals surface area contributed by atoms with E-state index in [-0.39, 0.29) is 17.4 Å². The van der Waals surface area contributed by atoms with Crippen LogP contribution in [-0.4, -0.2) is 70.2 Å². The largest absolute Gasteiger partial charge is 0.504 e. The summed E-state index contributed by atoms with van der Waals surface area (Å²) >= 11 is 0. The lowest BCUT2D eigenvalue weighted by atomic mass is 10.1. The summed E-state index contributed by atoms with van der Waals surface area (Å²) in [4.78, 5) is 28.7. The Balaban J connectivity index is 1.68. The molecule has 1 saturated heterocycles. The maximum absolute atomic E-state index is 12.7. The predicted octanol–water partition coefficient (Wildman–Crippen LogP) is 1.80. The number of amides is 2. The average molecular weight is 386 g/mol. The molecule has 1 heterocycles. The number of hydrogen-bond donors (Lipinski definition) is 3. The van der Waals surface area contributed by atoms with Crippen molar-refractivity contribution in [2.24, 2.45) is 0 Å². The van der Waals surface area contributed by atoms with Crippen molar-refractivity contribution < 1.29 is 29.6 Å². The van der Waals surface area contributed by atoms with E-state index in [0.29, 0.717) is 43.9 Å². The van der Waals surface area contributed by atoms with Crippen molar-refractivity contribution >= 4 is 11.8 Å². The normalized spacial score (nSPS) is 14.5. The van der Waals surface area contributed by atoms with Crippen LogP contribution in [0.25, 0.3) is 0 Å². The molecule has 8 nitrogen and oxygen atoms in total. The molecule has 0 spiro atoms. The van der Waals surface area contributed by atoms with Gasteiger partial charge in [-0.25, -0.2) is 0 Å². The molecule has 0 atom stereocenters. The van der Waals surface area contributed by atoms with Gasteiger partial charge in [0.25, 0.3) is 11.8 Å². The molecule has 1 aliphatic heterocycles. The van der Waals surface area contributed by atoms with Gasteiger partial charge in [0.2, 0.25) is 0 Å². The van der Waals surface area contributed by atoms with Crippen LogP contribution in [0.3, 0.4) is 0 Å². The van der Waals surface area contributed by atoms with E-state index in [0.717, 1.165) is 12.1 Å². The van der Waals surface area contributed by atoms with Gasteiger partial charge in [-0.15, -0.1) is 0 Å². The summed E-state index contributed by atoms with van der Waals surface area (Å²) in [5, 5.41) is 28.7. The van der Waals surface area contributed by atoms with Gasteiger partial charge in [0.05, 0.1) is 7.11 Å². The second-order valence-corrected chi connectivity index (χ2v) is 6.53. The lowest BCUT2D eigenvalue weighted by Crippen LogP contribution is -2.37. The fourth-order valence-corrected chi connectivity index (χ4v) is 3.15. The maximum atomic E-state index is 12.7. The highest BCUT2D eigenvalue weighted by atomic mass is 16.5. The monoisotopic (exact) mass is 386 g/mol. The summed E-state index contributed by atoms with van der Waals surface area (Å²) < 4.78 is 5.10. The molecule has 2 amide bonds. The zero-order chi connectivity index (χ0) is 20.3. The van der Waals surface area contributed by atoms with Crippen LogP contribution in [0.2, 0.25) is 0 Å². The summed E-state index contributed by atoms with van der Waals surface area (Å²) in [5.41, 5.74) is 0.622. The highest BCUT2D eigenvalue weighted by molar-refractivity contribution is 5.96. The van der Waals surface area contributed by atoms with E-state index >= 15 is 0 Å². The zero-order valence-electron chi connectivity index (χ0n) is 15.5. The van der Waals surface area contributed by atoms with E-state index in [1.165, 1.54) is 0 Å². The molecule has 0 bridgehead atoms. The lowest BCUT2D eigenvalue weighted by Gasteiger charge is -2.22. The van der Waals surface area contributed by atoms with Gasteiger partial charge in [0, 0.05) is 37.3 Å². The van der Waals surface area contributed by atoms with Crippen LogP contribution in [-0.2, 0) is 0 Å². The third kappa shape index (κ3) is 3.95. The minimum absolute atomic E-state index is 0.0720. The van der Waals surface area contributed by atoms with E-state index in [1.807, 2.05) is 0 Å². The molecular weight excluding hydrogens is 364 g/mol. The molecule has 3 N–H and O–H groups in total. The van der Waals surface area contributed by atoms with Crippen molar-refractivity contribution in [1.29, 1.82) is 0 Å². The Morgan fingerprint density at radius 3 is 1.82 bits per heavy atom. The van der Waals surface area contributed by atoms with Crippen LogP contribution in [0.4, 0.5) is 0 Å². The Morgan fingerprint density at radius 2 is 1.32 bits per heavy atom. The Kier molecular flexibility index (Phi) is 5.58. The van der Waals surface area contributed by atoms with Crippen LogP contribution < -0.4 is 4.74 Å². The van der Waals surface area contributed by atoms with Crippen molar-refractivity contribution in [1.82, 2.24) is 9.80 Å². The summed E-state index contributed by atoms with van der Waals surface area (Å²) in [5.74, 6) is -1.61. The first-order valence-electron chi connectivity index (χ1n) is 8.88. The summed E-state index contributed by atoms with van der Waals surface area (Å²) in [6, 6.07) is 9.09. The van der Waals surface area contributed by atoms with Crippen molar-refractivity contribution in [2.45, 2.75) is 6.42 Å². The fourth-order valence-electron chi connectivity index (χ4n) is 3.15. The van der Waals surface area contributed by atoms with Gasteiger partial charge in [0.1, 0.15) is 5.75 Å². The molecule has 1 aliphatic rings. The van der Waals surface area contributed by atoms with Crippen LogP contribution in [0.5, 0.6) is 23.0 Å². The van der Waals surface area contributed by atoms with Gasteiger partial charge in [-0.1, -0.05) is 0 Å². The van der Waals surface area contributed by atoms with Crippen LogP contribution in [0.1, 0.15) is 27.1 Å². The first kappa shape index (κ1) is 19.3. The van der Waals surface area contributed by atoms with Crippen LogP contribution >= 0.6 is 0 Å². The molecule has 0 unspecified atom stereocenters. The SMILES string of the molecule is COc1ccc(C(=O)N2CCCN(C(=O)c3cc(O)c(O)c(O)c3)CC2)cc1. The number of phenolic OH excluding ortho intramolecular Hbond substituents is 3. The fraction of sp³-hybridized carbons (Fsp3) is 0.300. The molecule has 0 saturated carbocycles. The number of methoxy groups -OCH3 is 1. The van der Waals surface area contributed by atoms with Crippen molar-refractivity contribution in [2.75, 3.05) is 33.3 Å². The van der Waals surface area contributed by atoms with Gasteiger partial charge in [0.15, 0.2) is 17.2 Å². The minimum Gasteiger partial charge on any atom is -0.504 e. The molecule has 0 radical (unpaired) electrons. The molecule has 3 rings (SSSR count). The molecule has 0 aliphatic carbocycles.